The normalized spacial score (nSPS) is 17.5. The van der Waals surface area contributed by atoms with E-state index in [2.05, 4.69) is 20.3 Å². The fourth-order valence-electron chi connectivity index (χ4n) is 5.30. The highest BCUT2D eigenvalue weighted by Crippen LogP contribution is 2.39. The number of rotatable bonds is 6. The number of hydrogen-bond acceptors (Lipinski definition) is 8. The molecule has 204 valence electrons. The Labute approximate surface area is 223 Å². The molecule has 11 heteroatoms. The number of anilines is 1. The van der Waals surface area contributed by atoms with Crippen LogP contribution in [0.1, 0.15) is 32.3 Å². The largest absolute Gasteiger partial charge is 0.508 e. The predicted molar refractivity (Wildman–Crippen MR) is 143 cm³/mol. The van der Waals surface area contributed by atoms with Crippen molar-refractivity contribution >= 4 is 33.4 Å². The quantitative estimate of drug-likeness (QED) is 0.339. The molecule has 1 saturated heterocycles. The van der Waals surface area contributed by atoms with Crippen LogP contribution < -0.4 is 15.0 Å². The summed E-state index contributed by atoms with van der Waals surface area (Å²) >= 11 is 0. The van der Waals surface area contributed by atoms with Gasteiger partial charge in [-0.25, -0.2) is 8.78 Å². The maximum absolute atomic E-state index is 16.3. The van der Waals surface area contributed by atoms with Crippen LogP contribution >= 0.6 is 0 Å². The summed E-state index contributed by atoms with van der Waals surface area (Å²) in [5.41, 5.74) is -0.749. The van der Waals surface area contributed by atoms with Crippen LogP contribution in [0.2, 0.25) is 0 Å². The maximum Gasteiger partial charge on any atom is 0.318 e. The number of nitrogens with zero attached hydrogens (tertiary/aromatic N) is 4. The van der Waals surface area contributed by atoms with Gasteiger partial charge in [0.2, 0.25) is 5.91 Å². The molecule has 5 rings (SSSR count). The topological polar surface area (TPSA) is 121 Å². The summed E-state index contributed by atoms with van der Waals surface area (Å²) in [6.45, 7) is 3.91. The number of piperidine rings is 1. The number of fused-ring (bicyclic) bond motifs is 2. The average Bonchev–Trinajstić information content (AvgIpc) is 2.91. The van der Waals surface area contributed by atoms with Crippen molar-refractivity contribution in [3.63, 3.8) is 0 Å². The Morgan fingerprint density at radius 3 is 2.77 bits per heavy atom. The molecule has 0 radical (unpaired) electrons. The number of phenols is 1. The van der Waals surface area contributed by atoms with Gasteiger partial charge in [0.1, 0.15) is 28.6 Å². The molecule has 2 aromatic heterocycles. The fourth-order valence-corrected chi connectivity index (χ4v) is 5.30. The first-order valence-corrected chi connectivity index (χ1v) is 12.7. The van der Waals surface area contributed by atoms with E-state index in [1.54, 1.807) is 11.8 Å². The minimum Gasteiger partial charge on any atom is -0.508 e. The highest BCUT2D eigenvalue weighted by atomic mass is 19.1. The summed E-state index contributed by atoms with van der Waals surface area (Å²) in [5.74, 6) is -1.24. The lowest BCUT2D eigenvalue weighted by atomic mass is 9.92. The van der Waals surface area contributed by atoms with Crippen LogP contribution in [0.5, 0.6) is 11.8 Å². The van der Waals surface area contributed by atoms with Gasteiger partial charge < -0.3 is 25.2 Å². The third-order valence-corrected chi connectivity index (χ3v) is 7.11. The second-order valence-corrected chi connectivity index (χ2v) is 9.85. The molecular formula is C28H29F2N5O4. The van der Waals surface area contributed by atoms with Gasteiger partial charge >= 0.3 is 6.01 Å². The van der Waals surface area contributed by atoms with Crippen molar-refractivity contribution in [3.05, 3.63) is 47.7 Å². The summed E-state index contributed by atoms with van der Waals surface area (Å²) in [5, 5.41) is 25.5. The van der Waals surface area contributed by atoms with Crippen molar-refractivity contribution < 1.29 is 28.5 Å². The van der Waals surface area contributed by atoms with Gasteiger partial charge in [0.15, 0.2) is 5.82 Å². The van der Waals surface area contributed by atoms with Gasteiger partial charge in [0, 0.05) is 38.3 Å². The number of carbonyl (C=O) groups is 1. The van der Waals surface area contributed by atoms with Gasteiger partial charge in [-0.15, -0.1) is 0 Å². The number of ether oxygens (including phenoxy) is 1. The van der Waals surface area contributed by atoms with Gasteiger partial charge in [-0.2, -0.15) is 9.97 Å². The molecule has 3 heterocycles. The third kappa shape index (κ3) is 4.89. The zero-order valence-corrected chi connectivity index (χ0v) is 21.9. The summed E-state index contributed by atoms with van der Waals surface area (Å²) in [7, 11) is 1.37. The van der Waals surface area contributed by atoms with Gasteiger partial charge in [0.05, 0.1) is 18.1 Å². The number of hydrogen-bond donors (Lipinski definition) is 3. The zero-order chi connectivity index (χ0) is 27.9. The van der Waals surface area contributed by atoms with Crippen LogP contribution in [0.4, 0.5) is 14.6 Å². The number of β-amino-alcohol motifs (C(OH)–C–C–N with tert-alkyl or cyclic N) is 1. The molecule has 0 spiro atoms. The lowest BCUT2D eigenvalue weighted by Gasteiger charge is -2.40. The van der Waals surface area contributed by atoms with Crippen LogP contribution in [0.3, 0.4) is 0 Å². The number of phenolic OH excluding ortho intramolecular Hbond substituents is 1. The summed E-state index contributed by atoms with van der Waals surface area (Å²) in [6, 6.07) is 5.64. The van der Waals surface area contributed by atoms with E-state index in [9.17, 15) is 19.4 Å². The van der Waals surface area contributed by atoms with Crippen LogP contribution in [-0.2, 0) is 11.2 Å². The van der Waals surface area contributed by atoms with E-state index in [1.165, 1.54) is 44.5 Å². The van der Waals surface area contributed by atoms with E-state index in [-0.39, 0.29) is 47.5 Å². The molecule has 1 unspecified atom stereocenters. The number of pyridine rings is 1. The molecular weight excluding hydrogens is 508 g/mol. The minimum atomic E-state index is -1.21. The monoisotopic (exact) mass is 537 g/mol. The fraction of sp³-hybridized carbons (Fsp3) is 0.357. The SMILES string of the molecule is CCc1c(F)ccc2cc(O)cc(-c3ncc4c(N5CCCC(O)(CNC(C)=O)C5)nc(OC)nc4c3F)c12. The number of methoxy groups -OCH3 is 1. The first kappa shape index (κ1) is 26.5. The molecule has 1 aliphatic rings. The summed E-state index contributed by atoms with van der Waals surface area (Å²) in [4.78, 5) is 26.3. The Bertz CT molecular complexity index is 1600. The number of aryl methyl sites for hydroxylation is 1. The van der Waals surface area contributed by atoms with Crippen LogP contribution in [-0.4, -0.2) is 63.4 Å². The van der Waals surface area contributed by atoms with E-state index in [4.69, 9.17) is 4.74 Å². The van der Waals surface area contributed by atoms with Crippen molar-refractivity contribution in [2.75, 3.05) is 31.6 Å². The highest BCUT2D eigenvalue weighted by Gasteiger charge is 2.35. The number of nitrogens with one attached hydrogen (secondary N) is 1. The smallest absolute Gasteiger partial charge is 0.318 e. The van der Waals surface area contributed by atoms with Gasteiger partial charge in [-0.1, -0.05) is 13.0 Å². The molecule has 3 N–H and O–H groups in total. The Balaban J connectivity index is 1.68. The number of aromatic nitrogens is 3. The van der Waals surface area contributed by atoms with Crippen molar-refractivity contribution in [3.8, 4) is 23.0 Å². The van der Waals surface area contributed by atoms with E-state index in [1.807, 2.05) is 0 Å². The van der Waals surface area contributed by atoms with Crippen LogP contribution in [0, 0.1) is 11.6 Å². The second kappa shape index (κ2) is 10.2. The number of amides is 1. The van der Waals surface area contributed by atoms with Crippen molar-refractivity contribution in [1.82, 2.24) is 20.3 Å². The Kier molecular flexibility index (Phi) is 6.94. The number of aliphatic hydroxyl groups is 1. The maximum atomic E-state index is 16.3. The Morgan fingerprint density at radius 1 is 1.26 bits per heavy atom. The van der Waals surface area contributed by atoms with E-state index in [0.717, 1.165) is 0 Å². The summed E-state index contributed by atoms with van der Waals surface area (Å²) < 4.78 is 36.3. The van der Waals surface area contributed by atoms with E-state index < -0.39 is 17.2 Å². The molecule has 1 atom stereocenters. The molecule has 4 aromatic rings. The number of benzene rings is 2. The zero-order valence-electron chi connectivity index (χ0n) is 21.9. The van der Waals surface area contributed by atoms with E-state index >= 15 is 4.39 Å². The molecule has 2 aromatic carbocycles. The lowest BCUT2D eigenvalue weighted by molar-refractivity contribution is -0.120. The van der Waals surface area contributed by atoms with Gasteiger partial charge in [-0.05, 0) is 53.8 Å². The van der Waals surface area contributed by atoms with Crippen molar-refractivity contribution in [1.29, 1.82) is 0 Å². The van der Waals surface area contributed by atoms with E-state index in [0.29, 0.717) is 53.3 Å². The van der Waals surface area contributed by atoms with Crippen molar-refractivity contribution in [2.45, 2.75) is 38.7 Å². The van der Waals surface area contributed by atoms with Gasteiger partial charge in [-0.3, -0.25) is 9.78 Å². The number of halogens is 2. The molecule has 0 saturated carbocycles. The highest BCUT2D eigenvalue weighted by molar-refractivity contribution is 6.01. The molecule has 1 aliphatic heterocycles. The Hall–Kier alpha value is -4.12. The molecule has 9 nitrogen and oxygen atoms in total. The number of carbonyl (C=O) groups excluding carboxylic acids is 1. The second-order valence-electron chi connectivity index (χ2n) is 9.85. The molecule has 39 heavy (non-hydrogen) atoms. The first-order valence-electron chi connectivity index (χ1n) is 12.7. The molecule has 1 amide bonds. The molecule has 0 bridgehead atoms. The minimum absolute atomic E-state index is 0.0660. The van der Waals surface area contributed by atoms with Gasteiger partial charge in [0.25, 0.3) is 0 Å². The summed E-state index contributed by atoms with van der Waals surface area (Å²) in [6.07, 6.45) is 2.87. The van der Waals surface area contributed by atoms with Crippen molar-refractivity contribution in [2.24, 2.45) is 0 Å². The standard InChI is InChI=1S/C28H29F2N5O4/c1-4-18-21(29)7-6-16-10-17(37)11-19(22(16)18)24-23(30)25-20(12-31-24)26(34-27(33-25)39-3)35-9-5-8-28(38,14-35)13-32-15(2)36/h6-7,10-12,37-38H,4-5,8-9,13-14H2,1-3H3,(H,32,36). The van der Waals surface area contributed by atoms with Crippen LogP contribution in [0.25, 0.3) is 32.9 Å². The third-order valence-electron chi connectivity index (χ3n) is 7.11. The first-order chi connectivity index (χ1) is 18.6. The predicted octanol–water partition coefficient (Wildman–Crippen LogP) is 3.87. The Morgan fingerprint density at radius 2 is 2.05 bits per heavy atom. The molecule has 1 fully saturated rings. The number of aromatic hydroxyl groups is 1. The lowest BCUT2D eigenvalue weighted by Crippen LogP contribution is -2.54. The average molecular weight is 538 g/mol. The molecule has 0 aliphatic carbocycles. The van der Waals surface area contributed by atoms with Crippen LogP contribution in [0.15, 0.2) is 30.5 Å².